The molecule has 0 bridgehead atoms. The van der Waals surface area contributed by atoms with E-state index in [9.17, 15) is 14.9 Å². The van der Waals surface area contributed by atoms with Crippen LogP contribution in [0, 0.1) is 10.1 Å². The average molecular weight is 217 g/mol. The Hall–Kier alpha value is -1.97. The maximum absolute atomic E-state index is 11.4. The smallest absolute Gasteiger partial charge is 0.276 e. The summed E-state index contributed by atoms with van der Waals surface area (Å²) in [5.41, 5.74) is 1.27. The summed E-state index contributed by atoms with van der Waals surface area (Å²) in [6, 6.07) is 6.47. The number of benzene rings is 1. The van der Waals surface area contributed by atoms with Crippen LogP contribution < -0.4 is 0 Å². The molecule has 4 heteroatoms. The highest BCUT2D eigenvalue weighted by Gasteiger charge is 2.18. The normalized spacial score (nSPS) is 18.0. The predicted octanol–water partition coefficient (Wildman–Crippen LogP) is 2.73. The molecule has 1 aliphatic carbocycles. The first kappa shape index (κ1) is 10.5. The summed E-state index contributed by atoms with van der Waals surface area (Å²) in [4.78, 5) is 21.8. The molecular formula is C12H11NO3. The van der Waals surface area contributed by atoms with Gasteiger partial charge in [-0.25, -0.2) is 0 Å². The van der Waals surface area contributed by atoms with Crippen LogP contribution in [0.4, 0.5) is 5.69 Å². The van der Waals surface area contributed by atoms with Gasteiger partial charge in [-0.05, 0) is 30.6 Å². The molecule has 0 N–H and O–H groups in total. The molecule has 1 aromatic carbocycles. The number of nitro benzene ring substituents is 1. The summed E-state index contributed by atoms with van der Waals surface area (Å²) < 4.78 is 0. The van der Waals surface area contributed by atoms with Gasteiger partial charge in [-0.15, -0.1) is 0 Å². The Labute approximate surface area is 92.7 Å². The van der Waals surface area contributed by atoms with Crippen molar-refractivity contribution in [2.45, 2.75) is 19.3 Å². The van der Waals surface area contributed by atoms with Gasteiger partial charge < -0.3 is 0 Å². The molecule has 82 valence electrons. The largest absolute Gasteiger partial charge is 0.295 e. The molecule has 0 aromatic heterocycles. The zero-order valence-electron chi connectivity index (χ0n) is 8.68. The van der Waals surface area contributed by atoms with Crippen molar-refractivity contribution in [1.29, 1.82) is 0 Å². The molecule has 1 aliphatic rings. The lowest BCUT2D eigenvalue weighted by Crippen LogP contribution is -1.94. The van der Waals surface area contributed by atoms with E-state index in [0.717, 1.165) is 12.8 Å². The highest BCUT2D eigenvalue weighted by molar-refractivity contribution is 6.01. The Balaban J connectivity index is 2.41. The molecule has 1 fully saturated rings. The Morgan fingerprint density at radius 2 is 2.00 bits per heavy atom. The van der Waals surface area contributed by atoms with Crippen molar-refractivity contribution >= 4 is 17.5 Å². The van der Waals surface area contributed by atoms with Crippen molar-refractivity contribution in [3.63, 3.8) is 0 Å². The summed E-state index contributed by atoms with van der Waals surface area (Å²) in [6.45, 7) is 0. The number of hydrogen-bond acceptors (Lipinski definition) is 3. The maximum atomic E-state index is 11.4. The number of rotatable bonds is 2. The van der Waals surface area contributed by atoms with Crippen LogP contribution >= 0.6 is 0 Å². The van der Waals surface area contributed by atoms with Gasteiger partial charge in [-0.3, -0.25) is 14.9 Å². The number of hydrogen-bond donors (Lipinski definition) is 0. The highest BCUT2D eigenvalue weighted by atomic mass is 16.6. The summed E-state index contributed by atoms with van der Waals surface area (Å²) in [7, 11) is 0. The van der Waals surface area contributed by atoms with Crippen LogP contribution in [0.25, 0.3) is 6.08 Å². The number of ketones is 1. The Morgan fingerprint density at radius 3 is 2.62 bits per heavy atom. The summed E-state index contributed by atoms with van der Waals surface area (Å²) in [5.74, 6) is 0.109. The minimum Gasteiger partial charge on any atom is -0.295 e. The van der Waals surface area contributed by atoms with E-state index in [1.807, 2.05) is 0 Å². The van der Waals surface area contributed by atoms with Crippen molar-refractivity contribution in [3.05, 3.63) is 45.5 Å². The minimum atomic E-state index is -0.425. The van der Waals surface area contributed by atoms with Gasteiger partial charge in [0.1, 0.15) is 0 Å². The maximum Gasteiger partial charge on any atom is 0.276 e. The molecule has 0 radical (unpaired) electrons. The number of carbonyl (C=O) groups is 1. The van der Waals surface area contributed by atoms with Crippen molar-refractivity contribution < 1.29 is 9.72 Å². The number of nitrogens with zero attached hydrogens (tertiary/aromatic N) is 1. The summed E-state index contributed by atoms with van der Waals surface area (Å²) in [6.07, 6.45) is 3.79. The Bertz CT molecular complexity index is 477. The SMILES string of the molecule is O=C1CCC/C1=C\c1ccccc1[N+](=O)[O-]. The molecule has 0 amide bonds. The zero-order chi connectivity index (χ0) is 11.5. The van der Waals surface area contributed by atoms with E-state index in [2.05, 4.69) is 0 Å². The van der Waals surface area contributed by atoms with Gasteiger partial charge in [0, 0.05) is 12.5 Å². The monoisotopic (exact) mass is 217 g/mol. The molecule has 2 rings (SSSR count). The lowest BCUT2D eigenvalue weighted by Gasteiger charge is -1.98. The second-order valence-corrected chi connectivity index (χ2v) is 3.76. The van der Waals surface area contributed by atoms with Gasteiger partial charge in [-0.1, -0.05) is 12.1 Å². The molecule has 0 atom stereocenters. The van der Waals surface area contributed by atoms with Crippen molar-refractivity contribution in [2.75, 3.05) is 0 Å². The van der Waals surface area contributed by atoms with Crippen molar-refractivity contribution in [1.82, 2.24) is 0 Å². The third-order valence-electron chi connectivity index (χ3n) is 2.67. The van der Waals surface area contributed by atoms with E-state index >= 15 is 0 Å². The lowest BCUT2D eigenvalue weighted by molar-refractivity contribution is -0.385. The van der Waals surface area contributed by atoms with E-state index in [-0.39, 0.29) is 11.5 Å². The fraction of sp³-hybridized carbons (Fsp3) is 0.250. The molecule has 0 saturated heterocycles. The average Bonchev–Trinajstić information content (AvgIpc) is 2.65. The topological polar surface area (TPSA) is 60.2 Å². The number of para-hydroxylation sites is 1. The number of carbonyl (C=O) groups excluding carboxylic acids is 1. The van der Waals surface area contributed by atoms with Gasteiger partial charge in [0.2, 0.25) is 0 Å². The highest BCUT2D eigenvalue weighted by Crippen LogP contribution is 2.26. The number of nitro groups is 1. The van der Waals surface area contributed by atoms with E-state index in [1.54, 1.807) is 24.3 Å². The quantitative estimate of drug-likeness (QED) is 0.434. The first-order valence-corrected chi connectivity index (χ1v) is 5.15. The third kappa shape index (κ3) is 2.00. The predicted molar refractivity (Wildman–Crippen MR) is 59.9 cm³/mol. The van der Waals surface area contributed by atoms with Gasteiger partial charge in [0.25, 0.3) is 5.69 Å². The Kier molecular flexibility index (Phi) is 2.81. The summed E-state index contributed by atoms with van der Waals surface area (Å²) >= 11 is 0. The molecule has 0 unspecified atom stereocenters. The van der Waals surface area contributed by atoms with Crippen LogP contribution in [0.3, 0.4) is 0 Å². The fourth-order valence-corrected chi connectivity index (χ4v) is 1.86. The van der Waals surface area contributed by atoms with E-state index in [4.69, 9.17) is 0 Å². The van der Waals surface area contributed by atoms with Crippen LogP contribution in [-0.4, -0.2) is 10.7 Å². The van der Waals surface area contributed by atoms with Crippen LogP contribution in [0.1, 0.15) is 24.8 Å². The third-order valence-corrected chi connectivity index (χ3v) is 2.67. The minimum absolute atomic E-state index is 0.0506. The number of Topliss-reactive ketones (excluding diaryl/α,β-unsaturated/α-hetero) is 1. The van der Waals surface area contributed by atoms with Crippen LogP contribution in [-0.2, 0) is 4.79 Å². The first-order chi connectivity index (χ1) is 7.68. The second kappa shape index (κ2) is 4.26. The molecule has 1 aromatic rings. The first-order valence-electron chi connectivity index (χ1n) is 5.15. The molecular weight excluding hydrogens is 206 g/mol. The second-order valence-electron chi connectivity index (χ2n) is 3.76. The molecule has 4 nitrogen and oxygen atoms in total. The zero-order valence-corrected chi connectivity index (χ0v) is 8.68. The number of allylic oxidation sites excluding steroid dienone is 1. The lowest BCUT2D eigenvalue weighted by atomic mass is 10.1. The van der Waals surface area contributed by atoms with Gasteiger partial charge in [0.15, 0.2) is 5.78 Å². The van der Waals surface area contributed by atoms with Crippen molar-refractivity contribution in [2.24, 2.45) is 0 Å². The standard InChI is InChI=1S/C12H11NO3/c14-12-7-3-5-10(12)8-9-4-1-2-6-11(9)13(15)16/h1-2,4,6,8H,3,5,7H2/b10-8+. The molecule has 0 spiro atoms. The van der Waals surface area contributed by atoms with E-state index in [1.165, 1.54) is 6.07 Å². The van der Waals surface area contributed by atoms with E-state index < -0.39 is 4.92 Å². The molecule has 1 saturated carbocycles. The molecule has 0 aliphatic heterocycles. The summed E-state index contributed by atoms with van der Waals surface area (Å²) in [5, 5.41) is 10.8. The van der Waals surface area contributed by atoms with E-state index in [0.29, 0.717) is 17.6 Å². The van der Waals surface area contributed by atoms with Gasteiger partial charge in [0.05, 0.1) is 10.5 Å². The van der Waals surface area contributed by atoms with Gasteiger partial charge >= 0.3 is 0 Å². The molecule has 0 heterocycles. The van der Waals surface area contributed by atoms with Crippen LogP contribution in [0.5, 0.6) is 0 Å². The Morgan fingerprint density at radius 1 is 1.25 bits per heavy atom. The van der Waals surface area contributed by atoms with Crippen molar-refractivity contribution in [3.8, 4) is 0 Å². The molecule has 16 heavy (non-hydrogen) atoms. The van der Waals surface area contributed by atoms with Gasteiger partial charge in [-0.2, -0.15) is 0 Å². The van der Waals surface area contributed by atoms with Crippen LogP contribution in [0.15, 0.2) is 29.8 Å². The van der Waals surface area contributed by atoms with Crippen LogP contribution in [0.2, 0.25) is 0 Å². The fourth-order valence-electron chi connectivity index (χ4n) is 1.86.